The summed E-state index contributed by atoms with van der Waals surface area (Å²) >= 11 is 0. The van der Waals surface area contributed by atoms with Crippen molar-refractivity contribution in [3.63, 3.8) is 0 Å². The topological polar surface area (TPSA) is 32.3 Å². The first kappa shape index (κ1) is 10.9. The van der Waals surface area contributed by atoms with Crippen LogP contribution in [0.15, 0.2) is 0 Å². The van der Waals surface area contributed by atoms with Gasteiger partial charge in [0.15, 0.2) is 0 Å². The molecule has 2 fully saturated rings. The summed E-state index contributed by atoms with van der Waals surface area (Å²) in [6.45, 7) is 6.93. The molecule has 1 N–H and O–H groups in total. The predicted octanol–water partition coefficient (Wildman–Crippen LogP) is 1.24. The molecular formula is C12H22N2O. The van der Waals surface area contributed by atoms with E-state index in [1.54, 1.807) is 0 Å². The van der Waals surface area contributed by atoms with E-state index in [1.165, 1.54) is 19.3 Å². The Hall–Kier alpha value is -0.570. The Morgan fingerprint density at radius 1 is 1.27 bits per heavy atom. The number of nitrogens with one attached hydrogen (secondary N) is 1. The summed E-state index contributed by atoms with van der Waals surface area (Å²) in [6.07, 6.45) is 3.76. The minimum Gasteiger partial charge on any atom is -0.341 e. The Morgan fingerprint density at radius 2 is 1.87 bits per heavy atom. The Bertz CT molecular complexity index is 228. The van der Waals surface area contributed by atoms with Crippen molar-refractivity contribution in [1.82, 2.24) is 10.2 Å². The standard InChI is InChI=1S/C12H22N2O/c1-9-5-10(2)8-14(7-9)12(15)6-13-11-3-4-11/h9-11,13H,3-8H2,1-2H3/t9-,10-/m0/s1. The van der Waals surface area contributed by atoms with Gasteiger partial charge < -0.3 is 10.2 Å². The van der Waals surface area contributed by atoms with Crippen LogP contribution in [0.2, 0.25) is 0 Å². The molecule has 0 unspecified atom stereocenters. The quantitative estimate of drug-likeness (QED) is 0.760. The van der Waals surface area contributed by atoms with Crippen LogP contribution in [0.25, 0.3) is 0 Å². The summed E-state index contributed by atoms with van der Waals surface area (Å²) in [5.74, 6) is 1.62. The van der Waals surface area contributed by atoms with Crippen LogP contribution in [0, 0.1) is 11.8 Å². The van der Waals surface area contributed by atoms with Gasteiger partial charge in [-0.05, 0) is 31.1 Å². The lowest BCUT2D eigenvalue weighted by Gasteiger charge is -2.35. The number of nitrogens with zero attached hydrogens (tertiary/aromatic N) is 1. The van der Waals surface area contributed by atoms with Crippen LogP contribution in [-0.2, 0) is 4.79 Å². The molecule has 2 atom stereocenters. The van der Waals surface area contributed by atoms with Crippen LogP contribution in [0.4, 0.5) is 0 Å². The number of rotatable bonds is 3. The lowest BCUT2D eigenvalue weighted by molar-refractivity contribution is -0.132. The van der Waals surface area contributed by atoms with Gasteiger partial charge in [0.05, 0.1) is 6.54 Å². The van der Waals surface area contributed by atoms with Gasteiger partial charge >= 0.3 is 0 Å². The van der Waals surface area contributed by atoms with Gasteiger partial charge in [-0.1, -0.05) is 13.8 Å². The van der Waals surface area contributed by atoms with Gasteiger partial charge in [-0.3, -0.25) is 4.79 Å². The second kappa shape index (κ2) is 4.52. The molecule has 86 valence electrons. The van der Waals surface area contributed by atoms with Crippen molar-refractivity contribution >= 4 is 5.91 Å². The molecule has 1 amide bonds. The minimum absolute atomic E-state index is 0.292. The molecule has 1 aliphatic heterocycles. The average Bonchev–Trinajstić information content (AvgIpc) is 2.96. The lowest BCUT2D eigenvalue weighted by atomic mass is 9.92. The Balaban J connectivity index is 1.77. The molecule has 1 heterocycles. The van der Waals surface area contributed by atoms with Gasteiger partial charge in [-0.15, -0.1) is 0 Å². The molecule has 2 rings (SSSR count). The van der Waals surface area contributed by atoms with Crippen molar-refractivity contribution in [3.8, 4) is 0 Å². The van der Waals surface area contributed by atoms with Crippen LogP contribution in [-0.4, -0.2) is 36.5 Å². The number of hydrogen-bond donors (Lipinski definition) is 1. The second-order valence-electron chi connectivity index (χ2n) is 5.40. The highest BCUT2D eigenvalue weighted by molar-refractivity contribution is 5.78. The largest absolute Gasteiger partial charge is 0.341 e. The van der Waals surface area contributed by atoms with Gasteiger partial charge in [0.25, 0.3) is 0 Å². The molecular weight excluding hydrogens is 188 g/mol. The third-order valence-corrected chi connectivity index (χ3v) is 3.34. The fourth-order valence-corrected chi connectivity index (χ4v) is 2.50. The van der Waals surface area contributed by atoms with E-state index in [0.717, 1.165) is 13.1 Å². The summed E-state index contributed by atoms with van der Waals surface area (Å²) in [7, 11) is 0. The fraction of sp³-hybridized carbons (Fsp3) is 0.917. The maximum atomic E-state index is 11.9. The lowest BCUT2D eigenvalue weighted by Crippen LogP contribution is -2.46. The number of carbonyl (C=O) groups excluding carboxylic acids is 1. The average molecular weight is 210 g/mol. The summed E-state index contributed by atoms with van der Waals surface area (Å²) in [5.41, 5.74) is 0. The van der Waals surface area contributed by atoms with Crippen LogP contribution >= 0.6 is 0 Å². The molecule has 3 nitrogen and oxygen atoms in total. The summed E-state index contributed by atoms with van der Waals surface area (Å²) in [5, 5.41) is 3.29. The van der Waals surface area contributed by atoms with Gasteiger partial charge in [-0.25, -0.2) is 0 Å². The molecule has 1 saturated carbocycles. The highest BCUT2D eigenvalue weighted by atomic mass is 16.2. The second-order valence-corrected chi connectivity index (χ2v) is 5.40. The normalized spacial score (nSPS) is 31.7. The molecule has 0 spiro atoms. The van der Waals surface area contributed by atoms with Crippen molar-refractivity contribution < 1.29 is 4.79 Å². The Kier molecular flexibility index (Phi) is 3.29. The van der Waals surface area contributed by atoms with E-state index in [0.29, 0.717) is 30.3 Å². The summed E-state index contributed by atoms with van der Waals surface area (Å²) in [4.78, 5) is 13.9. The van der Waals surface area contributed by atoms with Crippen LogP contribution < -0.4 is 5.32 Å². The van der Waals surface area contributed by atoms with Gasteiger partial charge in [-0.2, -0.15) is 0 Å². The first-order valence-corrected chi connectivity index (χ1v) is 6.16. The summed E-state index contributed by atoms with van der Waals surface area (Å²) in [6, 6.07) is 0.633. The van der Waals surface area contributed by atoms with Gasteiger partial charge in [0.1, 0.15) is 0 Å². The number of likely N-dealkylation sites (tertiary alicyclic amines) is 1. The third-order valence-electron chi connectivity index (χ3n) is 3.34. The summed E-state index contributed by atoms with van der Waals surface area (Å²) < 4.78 is 0. The van der Waals surface area contributed by atoms with E-state index >= 15 is 0 Å². The number of piperidine rings is 1. The van der Waals surface area contributed by atoms with Crippen molar-refractivity contribution in [2.24, 2.45) is 11.8 Å². The maximum absolute atomic E-state index is 11.9. The molecule has 0 bridgehead atoms. The zero-order valence-corrected chi connectivity index (χ0v) is 9.83. The van der Waals surface area contributed by atoms with E-state index < -0.39 is 0 Å². The van der Waals surface area contributed by atoms with Crippen molar-refractivity contribution in [1.29, 1.82) is 0 Å². The fourth-order valence-electron chi connectivity index (χ4n) is 2.50. The zero-order chi connectivity index (χ0) is 10.8. The maximum Gasteiger partial charge on any atom is 0.236 e. The molecule has 0 aromatic heterocycles. The van der Waals surface area contributed by atoms with Crippen molar-refractivity contribution in [3.05, 3.63) is 0 Å². The molecule has 15 heavy (non-hydrogen) atoms. The Morgan fingerprint density at radius 3 is 2.40 bits per heavy atom. The number of amides is 1. The molecule has 1 aliphatic carbocycles. The van der Waals surface area contributed by atoms with E-state index in [4.69, 9.17) is 0 Å². The molecule has 2 aliphatic rings. The smallest absolute Gasteiger partial charge is 0.236 e. The minimum atomic E-state index is 0.292. The predicted molar refractivity (Wildman–Crippen MR) is 60.5 cm³/mol. The van der Waals surface area contributed by atoms with Crippen LogP contribution in [0.5, 0.6) is 0 Å². The van der Waals surface area contributed by atoms with E-state index in [-0.39, 0.29) is 0 Å². The third kappa shape index (κ3) is 3.20. The van der Waals surface area contributed by atoms with E-state index in [2.05, 4.69) is 19.2 Å². The molecule has 1 saturated heterocycles. The van der Waals surface area contributed by atoms with Crippen LogP contribution in [0.1, 0.15) is 33.1 Å². The van der Waals surface area contributed by atoms with E-state index in [9.17, 15) is 4.79 Å². The highest BCUT2D eigenvalue weighted by Gasteiger charge is 2.27. The zero-order valence-electron chi connectivity index (χ0n) is 9.83. The monoisotopic (exact) mass is 210 g/mol. The van der Waals surface area contributed by atoms with Crippen LogP contribution in [0.3, 0.4) is 0 Å². The van der Waals surface area contributed by atoms with E-state index in [1.807, 2.05) is 4.90 Å². The highest BCUT2D eigenvalue weighted by Crippen LogP contribution is 2.21. The molecule has 0 aromatic carbocycles. The number of carbonyl (C=O) groups is 1. The first-order chi connectivity index (χ1) is 7.15. The van der Waals surface area contributed by atoms with Gasteiger partial charge in [0, 0.05) is 19.1 Å². The van der Waals surface area contributed by atoms with Crippen molar-refractivity contribution in [2.45, 2.75) is 39.2 Å². The molecule has 3 heteroatoms. The molecule has 0 aromatic rings. The first-order valence-electron chi connectivity index (χ1n) is 6.16. The SMILES string of the molecule is C[C@H]1C[C@H](C)CN(C(=O)CNC2CC2)C1. The molecule has 0 radical (unpaired) electrons. The van der Waals surface area contributed by atoms with Gasteiger partial charge in [0.2, 0.25) is 5.91 Å². The number of hydrogen-bond acceptors (Lipinski definition) is 2. The van der Waals surface area contributed by atoms with Crippen molar-refractivity contribution in [2.75, 3.05) is 19.6 Å². The Labute approximate surface area is 92.2 Å².